The van der Waals surface area contributed by atoms with Crippen molar-refractivity contribution in [3.63, 3.8) is 0 Å². The summed E-state index contributed by atoms with van der Waals surface area (Å²) in [5, 5.41) is 8.35. The highest BCUT2D eigenvalue weighted by atomic mass is 127. The van der Waals surface area contributed by atoms with E-state index in [1.54, 1.807) is 0 Å². The monoisotopic (exact) mass is 345 g/mol. The van der Waals surface area contributed by atoms with Crippen LogP contribution in [0.1, 0.15) is 19.3 Å². The molecule has 0 unspecified atom stereocenters. The van der Waals surface area contributed by atoms with Crippen LogP contribution in [0.4, 0.5) is 0 Å². The summed E-state index contributed by atoms with van der Waals surface area (Å²) in [6.07, 6.45) is 0.548. The van der Waals surface area contributed by atoms with Crippen molar-refractivity contribution in [1.82, 2.24) is 0 Å². The van der Waals surface area contributed by atoms with Crippen LogP contribution in [0.15, 0.2) is 0 Å². The van der Waals surface area contributed by atoms with Gasteiger partial charge >= 0.3 is 11.9 Å². The second-order valence-corrected chi connectivity index (χ2v) is 4.48. The van der Waals surface area contributed by atoms with Gasteiger partial charge in [-0.2, -0.15) is 0 Å². The molecule has 0 aromatic rings. The summed E-state index contributed by atoms with van der Waals surface area (Å²) in [7, 11) is 6.04. The van der Waals surface area contributed by atoms with E-state index in [0.29, 0.717) is 13.0 Å². The molecule has 0 spiro atoms. The molecule has 0 saturated heterocycles. The first-order valence-corrected chi connectivity index (χ1v) is 4.99. The van der Waals surface area contributed by atoms with Crippen molar-refractivity contribution < 1.29 is 47.9 Å². The van der Waals surface area contributed by atoms with Gasteiger partial charge in [-0.3, -0.25) is 9.59 Å². The summed E-state index contributed by atoms with van der Waals surface area (Å²) in [6, 6.07) is 0. The second kappa shape index (κ2) is 8.74. The highest BCUT2D eigenvalue weighted by Gasteiger charge is 2.09. The maximum Gasteiger partial charge on any atom is 0.306 e. The molecule has 6 heteroatoms. The van der Waals surface area contributed by atoms with Crippen molar-refractivity contribution in [3.05, 3.63) is 0 Å². The maximum absolute atomic E-state index is 11.1. The van der Waals surface area contributed by atoms with E-state index in [4.69, 9.17) is 9.84 Å². The number of hydrogen-bond donors (Lipinski definition) is 1. The summed E-state index contributed by atoms with van der Waals surface area (Å²) >= 11 is 0. The highest BCUT2D eigenvalue weighted by Crippen LogP contribution is 1.98. The minimum Gasteiger partial charge on any atom is -1.00 e. The Kier molecular flexibility index (Phi) is 9.84. The Morgan fingerprint density at radius 3 is 2.19 bits per heavy atom. The van der Waals surface area contributed by atoms with E-state index in [1.165, 1.54) is 0 Å². The third kappa shape index (κ3) is 13.6. The summed E-state index contributed by atoms with van der Waals surface area (Å²) < 4.78 is 5.69. The van der Waals surface area contributed by atoms with Gasteiger partial charge < -0.3 is 38.3 Å². The van der Waals surface area contributed by atoms with E-state index in [9.17, 15) is 9.59 Å². The average molecular weight is 345 g/mol. The molecule has 96 valence electrons. The van der Waals surface area contributed by atoms with Crippen molar-refractivity contribution in [1.29, 1.82) is 0 Å². The van der Waals surface area contributed by atoms with E-state index in [0.717, 1.165) is 11.0 Å². The predicted molar refractivity (Wildman–Crippen MR) is 55.3 cm³/mol. The molecule has 0 bridgehead atoms. The molecule has 5 nitrogen and oxygen atoms in total. The Morgan fingerprint density at radius 2 is 1.75 bits per heavy atom. The maximum atomic E-state index is 11.1. The standard InChI is InChI=1S/C10H19NO4.HI/c1-11(2,3)7-8-15-10(14)6-4-5-9(12)13;/h4-8H2,1-3H3;1H. The zero-order valence-corrected chi connectivity index (χ0v) is 12.2. The molecule has 0 radical (unpaired) electrons. The van der Waals surface area contributed by atoms with Gasteiger partial charge in [0, 0.05) is 12.8 Å². The van der Waals surface area contributed by atoms with Crippen LogP contribution in [0, 0.1) is 0 Å². The number of carboxylic acid groups (broad SMARTS) is 1. The van der Waals surface area contributed by atoms with Crippen molar-refractivity contribution in [2.24, 2.45) is 0 Å². The first-order chi connectivity index (χ1) is 6.81. The zero-order chi connectivity index (χ0) is 11.9. The summed E-state index contributed by atoms with van der Waals surface area (Å²) in [6.45, 7) is 1.14. The van der Waals surface area contributed by atoms with Gasteiger partial charge in [0.05, 0.1) is 21.1 Å². The molecule has 0 fully saturated rings. The first-order valence-electron chi connectivity index (χ1n) is 4.99. The van der Waals surface area contributed by atoms with Crippen molar-refractivity contribution in [3.8, 4) is 0 Å². The fourth-order valence-corrected chi connectivity index (χ4v) is 0.889. The van der Waals surface area contributed by atoms with Gasteiger partial charge in [0.2, 0.25) is 0 Å². The Morgan fingerprint density at radius 1 is 1.19 bits per heavy atom. The van der Waals surface area contributed by atoms with E-state index >= 15 is 0 Å². The number of likely N-dealkylation sites (N-methyl/N-ethyl adjacent to an activating group) is 1. The quantitative estimate of drug-likeness (QED) is 0.315. The molecule has 0 atom stereocenters. The summed E-state index contributed by atoms with van der Waals surface area (Å²) in [5.41, 5.74) is 0. The molecule has 0 saturated carbocycles. The van der Waals surface area contributed by atoms with Crippen LogP contribution in [0.5, 0.6) is 0 Å². The number of ether oxygens (including phenoxy) is 1. The van der Waals surface area contributed by atoms with Crippen LogP contribution >= 0.6 is 0 Å². The molecule has 0 rings (SSSR count). The Balaban J connectivity index is 0. The third-order valence-electron chi connectivity index (χ3n) is 1.80. The van der Waals surface area contributed by atoms with Gasteiger partial charge in [-0.05, 0) is 6.42 Å². The van der Waals surface area contributed by atoms with Crippen LogP contribution < -0.4 is 24.0 Å². The number of rotatable bonds is 7. The van der Waals surface area contributed by atoms with Gasteiger partial charge in [0.1, 0.15) is 13.2 Å². The number of carbonyl (C=O) groups is 2. The highest BCUT2D eigenvalue weighted by molar-refractivity contribution is 5.71. The fraction of sp³-hybridized carbons (Fsp3) is 0.800. The molecule has 16 heavy (non-hydrogen) atoms. The molecule has 0 aliphatic rings. The van der Waals surface area contributed by atoms with E-state index in [2.05, 4.69) is 0 Å². The molecule has 0 amide bonds. The lowest BCUT2D eigenvalue weighted by Gasteiger charge is -2.23. The van der Waals surface area contributed by atoms with Crippen molar-refractivity contribution in [2.75, 3.05) is 34.3 Å². The van der Waals surface area contributed by atoms with Gasteiger partial charge in [-0.25, -0.2) is 0 Å². The second-order valence-electron chi connectivity index (χ2n) is 4.48. The lowest BCUT2D eigenvalue weighted by molar-refractivity contribution is -0.870. The number of carboxylic acids is 1. The van der Waals surface area contributed by atoms with Crippen LogP contribution in [0.2, 0.25) is 0 Å². The van der Waals surface area contributed by atoms with Gasteiger partial charge in [-0.1, -0.05) is 0 Å². The van der Waals surface area contributed by atoms with E-state index in [-0.39, 0.29) is 42.8 Å². The summed E-state index contributed by atoms with van der Waals surface area (Å²) in [4.78, 5) is 21.3. The number of halogens is 1. The lowest BCUT2D eigenvalue weighted by Crippen LogP contribution is -3.00. The number of quaternary nitrogens is 1. The number of nitrogens with zero attached hydrogens (tertiary/aromatic N) is 1. The molecule has 0 aromatic heterocycles. The Bertz CT molecular complexity index is 225. The number of aliphatic carboxylic acids is 1. The smallest absolute Gasteiger partial charge is 0.306 e. The van der Waals surface area contributed by atoms with Crippen LogP contribution in [0.25, 0.3) is 0 Å². The third-order valence-corrected chi connectivity index (χ3v) is 1.80. The minimum atomic E-state index is -0.880. The van der Waals surface area contributed by atoms with E-state index < -0.39 is 5.97 Å². The molecule has 0 aliphatic carbocycles. The topological polar surface area (TPSA) is 63.6 Å². The first kappa shape index (κ1) is 18.0. The molecule has 0 aliphatic heterocycles. The largest absolute Gasteiger partial charge is 1.00 e. The Hall–Kier alpha value is -0.370. The number of esters is 1. The summed E-state index contributed by atoms with van der Waals surface area (Å²) in [5.74, 6) is -1.20. The normalized spacial score (nSPS) is 10.4. The van der Waals surface area contributed by atoms with Gasteiger partial charge in [0.15, 0.2) is 0 Å². The molecule has 0 aromatic carbocycles. The predicted octanol–water partition coefficient (Wildman–Crippen LogP) is -2.51. The lowest BCUT2D eigenvalue weighted by atomic mass is 10.2. The van der Waals surface area contributed by atoms with Gasteiger partial charge in [0.25, 0.3) is 0 Å². The molecule has 1 N–H and O–H groups in total. The minimum absolute atomic E-state index is 0. The average Bonchev–Trinajstić information content (AvgIpc) is 2.00. The number of hydrogen-bond acceptors (Lipinski definition) is 3. The molecular formula is C10H20INO4. The molecular weight excluding hydrogens is 325 g/mol. The fourth-order valence-electron chi connectivity index (χ4n) is 0.889. The SMILES string of the molecule is C[N+](C)(C)CCOC(=O)CCCC(=O)O.[I-]. The van der Waals surface area contributed by atoms with Crippen LogP contribution in [0.3, 0.4) is 0 Å². The van der Waals surface area contributed by atoms with Crippen LogP contribution in [-0.2, 0) is 14.3 Å². The van der Waals surface area contributed by atoms with Crippen LogP contribution in [-0.4, -0.2) is 55.8 Å². The van der Waals surface area contributed by atoms with Gasteiger partial charge in [-0.15, -0.1) is 0 Å². The van der Waals surface area contributed by atoms with Crippen molar-refractivity contribution >= 4 is 11.9 Å². The van der Waals surface area contributed by atoms with E-state index in [1.807, 2.05) is 21.1 Å². The zero-order valence-electron chi connectivity index (χ0n) is 10.0. The number of carbonyl (C=O) groups excluding carboxylic acids is 1. The molecule has 0 heterocycles. The Labute approximate surface area is 113 Å². The van der Waals surface area contributed by atoms with Crippen molar-refractivity contribution in [2.45, 2.75) is 19.3 Å².